The van der Waals surface area contributed by atoms with E-state index in [-0.39, 0.29) is 23.3 Å². The Morgan fingerprint density at radius 2 is 1.74 bits per heavy atom. The number of carbonyl (C=O) groups excluding carboxylic acids is 2. The number of rotatable bonds is 5. The van der Waals surface area contributed by atoms with Crippen LogP contribution in [0.15, 0.2) is 48.2 Å². The van der Waals surface area contributed by atoms with E-state index in [1.165, 1.54) is 16.5 Å². The third kappa shape index (κ3) is 5.24. The molecule has 38 heavy (non-hydrogen) atoms. The van der Waals surface area contributed by atoms with E-state index in [9.17, 15) is 14.7 Å². The van der Waals surface area contributed by atoms with Gasteiger partial charge >= 0.3 is 6.09 Å². The van der Waals surface area contributed by atoms with Gasteiger partial charge in [0.25, 0.3) is 5.91 Å². The molecular weight excluding hydrogens is 496 g/mol. The first kappa shape index (κ1) is 27.9. The van der Waals surface area contributed by atoms with Crippen molar-refractivity contribution in [2.75, 3.05) is 4.90 Å². The molecule has 7 nitrogen and oxygen atoms in total. The molecule has 0 unspecified atom stereocenters. The molecule has 0 radical (unpaired) electrons. The van der Waals surface area contributed by atoms with Crippen LogP contribution in [0.1, 0.15) is 68.1 Å². The highest BCUT2D eigenvalue weighted by molar-refractivity contribution is 6.74. The van der Waals surface area contributed by atoms with E-state index >= 15 is 0 Å². The topological polar surface area (TPSA) is 79.3 Å². The molecule has 2 aromatic rings. The molecule has 2 amide bonds. The molecule has 8 heteroatoms. The maximum Gasteiger partial charge on any atom is 0.416 e. The van der Waals surface area contributed by atoms with Gasteiger partial charge in [-0.1, -0.05) is 57.5 Å². The summed E-state index contributed by atoms with van der Waals surface area (Å²) in [5.41, 5.74) is 4.31. The molecule has 2 aliphatic heterocycles. The Balaban J connectivity index is 1.81. The SMILES string of the molecule is CCc1ccc(COC(=O)N2c3cc(O)c(C)cc3C(=O)N3C=C(C)C[C@H]3[C@@H]2O[Si](C)(C)C(C)(C)C)cc1. The molecule has 1 N–H and O–H groups in total. The highest BCUT2D eigenvalue weighted by atomic mass is 28.4. The summed E-state index contributed by atoms with van der Waals surface area (Å²) in [6.07, 6.45) is 1.96. The standard InChI is InChI=1S/C30H40N2O5Si/c1-9-21-10-12-22(13-11-21)18-36-29(35)32-24-16-26(33)20(3)15-23(24)27(34)31-17-19(2)14-25(31)28(32)37-38(7,8)30(4,5)6/h10-13,15-17,25,28,33H,9,14,18H2,1-8H3/t25-,28-/m0/s1. The van der Waals surface area contributed by atoms with Crippen LogP contribution in [0.5, 0.6) is 5.75 Å². The maximum absolute atomic E-state index is 13.9. The van der Waals surface area contributed by atoms with Gasteiger partial charge in [-0.2, -0.15) is 0 Å². The van der Waals surface area contributed by atoms with Gasteiger partial charge in [0.05, 0.1) is 17.3 Å². The zero-order valence-corrected chi connectivity index (χ0v) is 24.8. The van der Waals surface area contributed by atoms with Crippen molar-refractivity contribution in [3.63, 3.8) is 0 Å². The van der Waals surface area contributed by atoms with Crippen LogP contribution in [0.3, 0.4) is 0 Å². The molecule has 0 fully saturated rings. The van der Waals surface area contributed by atoms with Gasteiger partial charge < -0.3 is 19.2 Å². The summed E-state index contributed by atoms with van der Waals surface area (Å²) in [5.74, 6) is -0.219. The van der Waals surface area contributed by atoms with E-state index < -0.39 is 26.7 Å². The number of aryl methyl sites for hydroxylation is 2. The lowest BCUT2D eigenvalue weighted by Crippen LogP contribution is -2.57. The number of aromatic hydroxyl groups is 1. The van der Waals surface area contributed by atoms with Crippen molar-refractivity contribution in [2.24, 2.45) is 0 Å². The van der Waals surface area contributed by atoms with Crippen molar-refractivity contribution in [1.29, 1.82) is 0 Å². The first-order chi connectivity index (χ1) is 17.7. The lowest BCUT2D eigenvalue weighted by atomic mass is 10.1. The van der Waals surface area contributed by atoms with Gasteiger partial charge in [-0.3, -0.25) is 4.79 Å². The fourth-order valence-electron chi connectivity index (χ4n) is 4.66. The summed E-state index contributed by atoms with van der Waals surface area (Å²) < 4.78 is 12.8. The smallest absolute Gasteiger partial charge is 0.416 e. The Hall–Kier alpha value is -3.10. The quantitative estimate of drug-likeness (QED) is 0.421. The average Bonchev–Trinajstić information content (AvgIpc) is 3.21. The zero-order valence-electron chi connectivity index (χ0n) is 23.8. The Morgan fingerprint density at radius 3 is 2.34 bits per heavy atom. The number of carbonyl (C=O) groups is 2. The number of anilines is 1. The fourth-order valence-corrected chi connectivity index (χ4v) is 5.88. The van der Waals surface area contributed by atoms with E-state index in [2.05, 4.69) is 40.8 Å². The van der Waals surface area contributed by atoms with Gasteiger partial charge in [0.2, 0.25) is 0 Å². The number of ether oxygens (including phenoxy) is 1. The first-order valence-corrected chi connectivity index (χ1v) is 16.2. The third-order valence-corrected chi connectivity index (χ3v) is 12.5. The average molecular weight is 537 g/mol. The van der Waals surface area contributed by atoms with Gasteiger partial charge in [0, 0.05) is 12.3 Å². The van der Waals surface area contributed by atoms with Crippen LogP contribution in [-0.4, -0.2) is 42.6 Å². The summed E-state index contributed by atoms with van der Waals surface area (Å²) in [6, 6.07) is 10.7. The molecule has 0 saturated carbocycles. The number of hydrogen-bond donors (Lipinski definition) is 1. The van der Waals surface area contributed by atoms with Crippen molar-refractivity contribution < 1.29 is 23.9 Å². The molecule has 2 aliphatic rings. The predicted molar refractivity (Wildman–Crippen MR) is 152 cm³/mol. The molecule has 4 rings (SSSR count). The van der Waals surface area contributed by atoms with Crippen molar-refractivity contribution in [1.82, 2.24) is 4.90 Å². The van der Waals surface area contributed by atoms with Crippen LogP contribution >= 0.6 is 0 Å². The fraction of sp³-hybridized carbons (Fsp3) is 0.467. The van der Waals surface area contributed by atoms with Gasteiger partial charge in [0.1, 0.15) is 12.4 Å². The Kier molecular flexibility index (Phi) is 7.51. The number of hydrogen-bond acceptors (Lipinski definition) is 5. The second kappa shape index (κ2) is 10.2. The van der Waals surface area contributed by atoms with Crippen LogP contribution < -0.4 is 4.90 Å². The van der Waals surface area contributed by atoms with Gasteiger partial charge in [-0.05, 0) is 67.6 Å². The minimum atomic E-state index is -2.42. The number of phenolic OH excluding ortho intramolecular Hbond substituents is 1. The molecule has 0 aromatic heterocycles. The summed E-state index contributed by atoms with van der Waals surface area (Å²) in [4.78, 5) is 30.9. The van der Waals surface area contributed by atoms with Gasteiger partial charge in [-0.15, -0.1) is 0 Å². The van der Waals surface area contributed by atoms with E-state index in [0.29, 0.717) is 23.2 Å². The number of nitrogens with zero attached hydrogens (tertiary/aromatic N) is 2. The Labute approximate surface area is 227 Å². The highest BCUT2D eigenvalue weighted by Gasteiger charge is 2.50. The lowest BCUT2D eigenvalue weighted by molar-refractivity contribution is 0.0578. The second-order valence-electron chi connectivity index (χ2n) is 12.0. The summed E-state index contributed by atoms with van der Waals surface area (Å²) in [6.45, 7) is 16.6. The van der Waals surface area contributed by atoms with Crippen LogP contribution in [0.2, 0.25) is 18.1 Å². The Bertz CT molecular complexity index is 1260. The minimum absolute atomic E-state index is 0.00404. The minimum Gasteiger partial charge on any atom is -0.508 e. The van der Waals surface area contributed by atoms with Gasteiger partial charge in [-0.25, -0.2) is 9.69 Å². The van der Waals surface area contributed by atoms with E-state index in [1.54, 1.807) is 17.9 Å². The monoisotopic (exact) mass is 536 g/mol. The molecule has 0 saturated heterocycles. The maximum atomic E-state index is 13.9. The summed E-state index contributed by atoms with van der Waals surface area (Å²) >= 11 is 0. The van der Waals surface area contributed by atoms with Crippen molar-refractivity contribution in [3.8, 4) is 5.75 Å². The van der Waals surface area contributed by atoms with E-state index in [4.69, 9.17) is 9.16 Å². The number of benzene rings is 2. The molecular formula is C30H40N2O5Si. The van der Waals surface area contributed by atoms with Crippen LogP contribution in [0.4, 0.5) is 10.5 Å². The molecule has 2 aromatic carbocycles. The normalized spacial score (nSPS) is 19.6. The van der Waals surface area contributed by atoms with Crippen LogP contribution in [-0.2, 0) is 22.2 Å². The molecule has 0 aliphatic carbocycles. The second-order valence-corrected chi connectivity index (χ2v) is 16.7. The Morgan fingerprint density at radius 1 is 1.11 bits per heavy atom. The molecule has 2 heterocycles. The van der Waals surface area contributed by atoms with Crippen molar-refractivity contribution in [3.05, 3.63) is 70.4 Å². The van der Waals surface area contributed by atoms with Gasteiger partial charge in [0.15, 0.2) is 14.5 Å². The molecule has 2 atom stereocenters. The summed E-state index contributed by atoms with van der Waals surface area (Å²) in [7, 11) is -2.42. The number of fused-ring (bicyclic) bond motifs is 2. The molecule has 0 spiro atoms. The first-order valence-electron chi connectivity index (χ1n) is 13.3. The van der Waals surface area contributed by atoms with Crippen molar-refractivity contribution >= 4 is 26.0 Å². The highest BCUT2D eigenvalue weighted by Crippen LogP contribution is 2.44. The zero-order chi connectivity index (χ0) is 28.0. The van der Waals surface area contributed by atoms with Crippen LogP contribution in [0.25, 0.3) is 0 Å². The van der Waals surface area contributed by atoms with Crippen molar-refractivity contribution in [2.45, 2.75) is 91.4 Å². The molecule has 0 bridgehead atoms. The van der Waals surface area contributed by atoms with E-state index in [1.807, 2.05) is 37.4 Å². The lowest BCUT2D eigenvalue weighted by Gasteiger charge is -2.44. The number of phenols is 1. The number of amides is 2. The van der Waals surface area contributed by atoms with Crippen LogP contribution in [0, 0.1) is 6.92 Å². The predicted octanol–water partition coefficient (Wildman–Crippen LogP) is 6.89. The third-order valence-electron chi connectivity index (χ3n) is 8.08. The molecule has 204 valence electrons. The summed E-state index contributed by atoms with van der Waals surface area (Å²) in [5, 5.41) is 10.5. The van der Waals surface area contributed by atoms with E-state index in [0.717, 1.165) is 17.6 Å². The largest absolute Gasteiger partial charge is 0.508 e.